The Kier molecular flexibility index (Phi) is 4.69. The molecular formula is C18H21N7O2. The van der Waals surface area contributed by atoms with Gasteiger partial charge in [-0.2, -0.15) is 5.10 Å². The molecule has 3 heterocycles. The fourth-order valence-corrected chi connectivity index (χ4v) is 3.33. The second-order valence-electron chi connectivity index (χ2n) is 6.44. The van der Waals surface area contributed by atoms with Crippen LogP contribution < -0.4 is 10.2 Å². The molecule has 1 fully saturated rings. The SMILES string of the molecule is CN[C@@H]1CN(c2ncc(-c3ccc(-c4cn[nH]c4)cc3O)nn2)C[C@H]1OC. The van der Waals surface area contributed by atoms with Crippen LogP contribution in [0.4, 0.5) is 5.95 Å². The highest BCUT2D eigenvalue weighted by molar-refractivity contribution is 5.73. The van der Waals surface area contributed by atoms with E-state index in [-0.39, 0.29) is 17.9 Å². The molecule has 9 nitrogen and oxygen atoms in total. The number of nitrogens with zero attached hydrogens (tertiary/aromatic N) is 5. The first-order valence-corrected chi connectivity index (χ1v) is 8.67. The Morgan fingerprint density at radius 1 is 1.22 bits per heavy atom. The van der Waals surface area contributed by atoms with Crippen molar-refractivity contribution in [1.29, 1.82) is 0 Å². The highest BCUT2D eigenvalue weighted by Gasteiger charge is 2.33. The molecule has 0 amide bonds. The summed E-state index contributed by atoms with van der Waals surface area (Å²) >= 11 is 0. The Hall–Kier alpha value is -3.04. The van der Waals surface area contributed by atoms with E-state index in [2.05, 4.69) is 30.7 Å². The molecule has 1 aromatic carbocycles. The molecule has 140 valence electrons. The van der Waals surface area contributed by atoms with Crippen LogP contribution in [-0.4, -0.2) is 69.9 Å². The molecule has 4 rings (SSSR count). The summed E-state index contributed by atoms with van der Waals surface area (Å²) in [5, 5.41) is 28.8. The van der Waals surface area contributed by atoms with Gasteiger partial charge in [0, 0.05) is 37.5 Å². The summed E-state index contributed by atoms with van der Waals surface area (Å²) in [6.45, 7) is 1.45. The fraction of sp³-hybridized carbons (Fsp3) is 0.333. The topological polar surface area (TPSA) is 112 Å². The molecule has 3 N–H and O–H groups in total. The van der Waals surface area contributed by atoms with E-state index in [1.54, 1.807) is 37.8 Å². The number of methoxy groups -OCH3 is 1. The van der Waals surface area contributed by atoms with Crippen molar-refractivity contribution in [3.8, 4) is 28.1 Å². The Bertz CT molecular complexity index is 887. The standard InChI is InChI=1S/C18H21N7O2/c1-19-15-9-25(10-17(15)27-2)18-20-8-14(23-24-18)13-4-3-11(5-16(13)26)12-6-21-22-7-12/h3-8,15,17,19,26H,9-10H2,1-2H3,(H,21,22)/t15-,17-/m1/s1. The van der Waals surface area contributed by atoms with Crippen LogP contribution in [0.2, 0.25) is 0 Å². The molecule has 9 heteroatoms. The van der Waals surface area contributed by atoms with E-state index in [0.717, 1.165) is 17.7 Å². The molecule has 0 radical (unpaired) electrons. The number of likely N-dealkylation sites (N-methyl/N-ethyl adjacent to an activating group) is 1. The highest BCUT2D eigenvalue weighted by atomic mass is 16.5. The number of ether oxygens (including phenoxy) is 1. The van der Waals surface area contributed by atoms with Crippen LogP contribution in [0.25, 0.3) is 22.4 Å². The van der Waals surface area contributed by atoms with Gasteiger partial charge in [0.05, 0.1) is 24.5 Å². The second-order valence-corrected chi connectivity index (χ2v) is 6.44. The maximum absolute atomic E-state index is 10.4. The number of aromatic hydroxyl groups is 1. The van der Waals surface area contributed by atoms with Gasteiger partial charge in [0.15, 0.2) is 0 Å². The Morgan fingerprint density at radius 3 is 2.70 bits per heavy atom. The van der Waals surface area contributed by atoms with E-state index in [1.165, 1.54) is 0 Å². The monoisotopic (exact) mass is 367 g/mol. The largest absolute Gasteiger partial charge is 0.507 e. The average Bonchev–Trinajstić information content (AvgIpc) is 3.38. The summed E-state index contributed by atoms with van der Waals surface area (Å²) in [6.07, 6.45) is 5.18. The summed E-state index contributed by atoms with van der Waals surface area (Å²) < 4.78 is 5.50. The predicted octanol–water partition coefficient (Wildman–Crippen LogP) is 1.06. The van der Waals surface area contributed by atoms with Gasteiger partial charge in [-0.3, -0.25) is 5.10 Å². The number of rotatable bonds is 5. The van der Waals surface area contributed by atoms with Gasteiger partial charge in [-0.1, -0.05) is 6.07 Å². The normalized spacial score (nSPS) is 19.6. The molecule has 27 heavy (non-hydrogen) atoms. The second kappa shape index (κ2) is 7.29. The van der Waals surface area contributed by atoms with Gasteiger partial charge in [-0.05, 0) is 24.7 Å². The van der Waals surface area contributed by atoms with Crippen LogP contribution >= 0.6 is 0 Å². The summed E-state index contributed by atoms with van der Waals surface area (Å²) in [4.78, 5) is 6.47. The predicted molar refractivity (Wildman–Crippen MR) is 100 cm³/mol. The smallest absolute Gasteiger partial charge is 0.245 e. The number of aromatic amines is 1. The van der Waals surface area contributed by atoms with Crippen molar-refractivity contribution in [1.82, 2.24) is 30.7 Å². The third kappa shape index (κ3) is 3.34. The minimum Gasteiger partial charge on any atom is -0.507 e. The van der Waals surface area contributed by atoms with Crippen molar-refractivity contribution in [2.75, 3.05) is 32.1 Å². The van der Waals surface area contributed by atoms with E-state index in [9.17, 15) is 5.11 Å². The molecule has 2 aromatic heterocycles. The molecular weight excluding hydrogens is 346 g/mol. The van der Waals surface area contributed by atoms with E-state index >= 15 is 0 Å². The Balaban J connectivity index is 1.54. The number of aromatic nitrogens is 5. The Morgan fingerprint density at radius 2 is 2.11 bits per heavy atom. The van der Waals surface area contributed by atoms with Crippen LogP contribution in [-0.2, 0) is 4.74 Å². The number of H-pyrrole nitrogens is 1. The zero-order chi connectivity index (χ0) is 18.8. The van der Waals surface area contributed by atoms with Crippen LogP contribution in [0.15, 0.2) is 36.8 Å². The summed E-state index contributed by atoms with van der Waals surface area (Å²) in [5.74, 6) is 0.668. The van der Waals surface area contributed by atoms with Crippen molar-refractivity contribution in [3.63, 3.8) is 0 Å². The van der Waals surface area contributed by atoms with Crippen molar-refractivity contribution in [2.24, 2.45) is 0 Å². The average molecular weight is 367 g/mol. The lowest BCUT2D eigenvalue weighted by atomic mass is 10.0. The molecule has 1 aliphatic heterocycles. The molecule has 2 atom stereocenters. The first-order valence-electron chi connectivity index (χ1n) is 8.67. The zero-order valence-electron chi connectivity index (χ0n) is 15.1. The minimum absolute atomic E-state index is 0.0813. The molecule has 0 bridgehead atoms. The zero-order valence-corrected chi connectivity index (χ0v) is 15.1. The van der Waals surface area contributed by atoms with Crippen LogP contribution in [0, 0.1) is 0 Å². The minimum atomic E-state index is 0.0813. The van der Waals surface area contributed by atoms with Crippen LogP contribution in [0.5, 0.6) is 5.75 Å². The quantitative estimate of drug-likeness (QED) is 0.614. The molecule has 0 saturated carbocycles. The van der Waals surface area contributed by atoms with Crippen LogP contribution in [0.3, 0.4) is 0 Å². The van der Waals surface area contributed by atoms with Gasteiger partial charge in [0.25, 0.3) is 0 Å². The lowest BCUT2D eigenvalue weighted by molar-refractivity contribution is 0.0996. The van der Waals surface area contributed by atoms with Gasteiger partial charge in [0.2, 0.25) is 5.95 Å². The van der Waals surface area contributed by atoms with Gasteiger partial charge in [-0.15, -0.1) is 10.2 Å². The number of phenols is 1. The Labute approximate surface area is 156 Å². The summed E-state index contributed by atoms with van der Waals surface area (Å²) in [6, 6.07) is 5.60. The maximum atomic E-state index is 10.4. The third-order valence-electron chi connectivity index (χ3n) is 4.88. The highest BCUT2D eigenvalue weighted by Crippen LogP contribution is 2.32. The van der Waals surface area contributed by atoms with Gasteiger partial charge < -0.3 is 20.1 Å². The number of benzene rings is 1. The summed E-state index contributed by atoms with van der Waals surface area (Å²) in [7, 11) is 3.62. The number of hydrogen-bond donors (Lipinski definition) is 3. The lowest BCUT2D eigenvalue weighted by Crippen LogP contribution is -2.37. The van der Waals surface area contributed by atoms with E-state index < -0.39 is 0 Å². The molecule has 1 saturated heterocycles. The van der Waals surface area contributed by atoms with Crippen LogP contribution in [0.1, 0.15) is 0 Å². The van der Waals surface area contributed by atoms with Crippen molar-refractivity contribution >= 4 is 5.95 Å². The van der Waals surface area contributed by atoms with E-state index in [1.807, 2.05) is 18.0 Å². The van der Waals surface area contributed by atoms with E-state index in [4.69, 9.17) is 4.74 Å². The summed E-state index contributed by atoms with van der Waals surface area (Å²) in [5.41, 5.74) is 2.86. The van der Waals surface area contributed by atoms with E-state index in [0.29, 0.717) is 23.8 Å². The molecule has 3 aromatic rings. The fourth-order valence-electron chi connectivity index (χ4n) is 3.33. The molecule has 0 aliphatic carbocycles. The van der Waals surface area contributed by atoms with Crippen molar-refractivity contribution in [2.45, 2.75) is 12.1 Å². The van der Waals surface area contributed by atoms with Crippen molar-refractivity contribution < 1.29 is 9.84 Å². The van der Waals surface area contributed by atoms with Gasteiger partial charge in [-0.25, -0.2) is 4.98 Å². The van der Waals surface area contributed by atoms with Gasteiger partial charge in [0.1, 0.15) is 11.4 Å². The number of hydrogen-bond acceptors (Lipinski definition) is 8. The number of phenolic OH excluding ortho intramolecular Hbond substituents is 1. The lowest BCUT2D eigenvalue weighted by Gasteiger charge is -2.15. The van der Waals surface area contributed by atoms with Crippen molar-refractivity contribution in [3.05, 3.63) is 36.8 Å². The number of nitrogens with one attached hydrogen (secondary N) is 2. The first kappa shape index (κ1) is 17.4. The third-order valence-corrected chi connectivity index (χ3v) is 4.88. The molecule has 0 unspecified atom stereocenters. The first-order chi connectivity index (χ1) is 13.2. The van der Waals surface area contributed by atoms with Gasteiger partial charge >= 0.3 is 0 Å². The maximum Gasteiger partial charge on any atom is 0.245 e. The molecule has 0 spiro atoms. The molecule has 1 aliphatic rings. The number of anilines is 1.